The minimum absolute atomic E-state index is 0.0295. The minimum Gasteiger partial charge on any atom is -0.489 e. The van der Waals surface area contributed by atoms with Crippen LogP contribution in [0.15, 0.2) is 18.2 Å². The highest BCUT2D eigenvalue weighted by atomic mass is 35.5. The second-order valence-electron chi connectivity index (χ2n) is 3.39. The lowest BCUT2D eigenvalue weighted by atomic mass is 10.1. The summed E-state index contributed by atoms with van der Waals surface area (Å²) in [5, 5.41) is 9.05. The zero-order valence-corrected chi connectivity index (χ0v) is 9.41. The first-order valence-corrected chi connectivity index (χ1v) is 5.02. The van der Waals surface area contributed by atoms with Crippen LogP contribution >= 0.6 is 11.6 Å². The monoisotopic (exact) mass is 228 g/mol. The Kier molecular flexibility index (Phi) is 4.12. The maximum absolute atomic E-state index is 11.1. The smallest absolute Gasteiger partial charge is 0.188 e. The van der Waals surface area contributed by atoms with Crippen LogP contribution in [0.1, 0.15) is 24.2 Å². The molecule has 1 aromatic carbocycles. The average Bonchev–Trinajstić information content (AvgIpc) is 2.19. The summed E-state index contributed by atoms with van der Waals surface area (Å²) in [6.07, 6.45) is 0.0295. The number of aliphatic hydroxyl groups excluding tert-OH is 1. The molecule has 0 atom stereocenters. The number of Topliss-reactive ketones (excluding diaryl/α,β-unsaturated/α-hetero) is 1. The highest BCUT2D eigenvalue weighted by Gasteiger charge is 2.09. The van der Waals surface area contributed by atoms with Gasteiger partial charge in [-0.15, -0.1) is 0 Å². The van der Waals surface area contributed by atoms with Gasteiger partial charge in [-0.05, 0) is 32.0 Å². The van der Waals surface area contributed by atoms with Gasteiger partial charge in [0.05, 0.1) is 11.1 Å². The van der Waals surface area contributed by atoms with Crippen LogP contribution in [0.3, 0.4) is 0 Å². The fourth-order valence-electron chi connectivity index (χ4n) is 1.12. The second-order valence-corrected chi connectivity index (χ2v) is 3.80. The van der Waals surface area contributed by atoms with Crippen molar-refractivity contribution in [3.8, 4) is 5.75 Å². The van der Waals surface area contributed by atoms with Crippen molar-refractivity contribution in [3.63, 3.8) is 0 Å². The molecule has 0 heterocycles. The Bertz CT molecular complexity index is 361. The van der Waals surface area contributed by atoms with E-state index in [4.69, 9.17) is 21.4 Å². The van der Waals surface area contributed by atoms with Crippen LogP contribution in [0.25, 0.3) is 0 Å². The SMILES string of the molecule is CC(C)Oc1ccc(C(=O)CO)cc1Cl. The molecule has 0 saturated heterocycles. The van der Waals surface area contributed by atoms with E-state index < -0.39 is 6.61 Å². The number of ether oxygens (including phenoxy) is 1. The van der Waals surface area contributed by atoms with Crippen molar-refractivity contribution in [3.05, 3.63) is 28.8 Å². The summed E-state index contributed by atoms with van der Waals surface area (Å²) in [6, 6.07) is 4.71. The molecule has 0 aliphatic rings. The average molecular weight is 229 g/mol. The van der Waals surface area contributed by atoms with Gasteiger partial charge in [0.2, 0.25) is 0 Å². The zero-order chi connectivity index (χ0) is 11.4. The fraction of sp³-hybridized carbons (Fsp3) is 0.364. The Morgan fingerprint density at radius 1 is 1.53 bits per heavy atom. The molecule has 0 fully saturated rings. The Morgan fingerprint density at radius 3 is 2.67 bits per heavy atom. The quantitative estimate of drug-likeness (QED) is 0.805. The second kappa shape index (κ2) is 5.14. The third-order valence-corrected chi connectivity index (χ3v) is 2.06. The molecule has 82 valence electrons. The van der Waals surface area contributed by atoms with E-state index in [1.807, 2.05) is 13.8 Å². The predicted molar refractivity (Wildman–Crippen MR) is 58.6 cm³/mol. The maximum atomic E-state index is 11.1. The largest absolute Gasteiger partial charge is 0.489 e. The molecular formula is C11H13ClO3. The van der Waals surface area contributed by atoms with E-state index in [0.717, 1.165) is 0 Å². The number of carbonyl (C=O) groups is 1. The number of halogens is 1. The highest BCUT2D eigenvalue weighted by Crippen LogP contribution is 2.26. The number of carbonyl (C=O) groups excluding carboxylic acids is 1. The molecule has 1 aromatic rings. The van der Waals surface area contributed by atoms with Crippen molar-refractivity contribution < 1.29 is 14.6 Å². The van der Waals surface area contributed by atoms with Crippen LogP contribution in [0.4, 0.5) is 0 Å². The van der Waals surface area contributed by atoms with Gasteiger partial charge in [-0.25, -0.2) is 0 Å². The van der Waals surface area contributed by atoms with Gasteiger partial charge in [-0.1, -0.05) is 11.6 Å². The third-order valence-electron chi connectivity index (χ3n) is 1.76. The molecule has 0 bridgehead atoms. The Morgan fingerprint density at radius 2 is 2.20 bits per heavy atom. The summed E-state index contributed by atoms with van der Waals surface area (Å²) in [6.45, 7) is 3.27. The van der Waals surface area contributed by atoms with E-state index >= 15 is 0 Å². The first kappa shape index (κ1) is 12.0. The number of hydrogen-bond acceptors (Lipinski definition) is 3. The Balaban J connectivity index is 2.93. The van der Waals surface area contributed by atoms with Gasteiger partial charge < -0.3 is 9.84 Å². The van der Waals surface area contributed by atoms with Gasteiger partial charge in [0, 0.05) is 5.56 Å². The Labute approximate surface area is 93.6 Å². The number of aliphatic hydroxyl groups is 1. The number of benzene rings is 1. The van der Waals surface area contributed by atoms with Gasteiger partial charge in [0.1, 0.15) is 12.4 Å². The van der Waals surface area contributed by atoms with E-state index in [-0.39, 0.29) is 11.9 Å². The van der Waals surface area contributed by atoms with Crippen LogP contribution in [-0.2, 0) is 0 Å². The summed E-state index contributed by atoms with van der Waals surface area (Å²) < 4.78 is 5.41. The fourth-order valence-corrected chi connectivity index (χ4v) is 1.34. The van der Waals surface area contributed by atoms with Crippen molar-refractivity contribution in [1.29, 1.82) is 0 Å². The zero-order valence-electron chi connectivity index (χ0n) is 8.66. The lowest BCUT2D eigenvalue weighted by Gasteiger charge is -2.11. The molecule has 0 spiro atoms. The number of hydrogen-bond donors (Lipinski definition) is 1. The highest BCUT2D eigenvalue weighted by molar-refractivity contribution is 6.32. The van der Waals surface area contributed by atoms with Crippen molar-refractivity contribution in [1.82, 2.24) is 0 Å². The summed E-state index contributed by atoms with van der Waals surface area (Å²) in [4.78, 5) is 11.1. The normalized spacial score (nSPS) is 10.5. The van der Waals surface area contributed by atoms with E-state index in [0.29, 0.717) is 16.3 Å². The molecule has 0 aliphatic heterocycles. The molecule has 0 aromatic heterocycles. The molecule has 15 heavy (non-hydrogen) atoms. The van der Waals surface area contributed by atoms with E-state index in [9.17, 15) is 4.79 Å². The number of rotatable bonds is 4. The molecule has 0 amide bonds. The molecule has 1 rings (SSSR count). The third kappa shape index (κ3) is 3.22. The van der Waals surface area contributed by atoms with Gasteiger partial charge >= 0.3 is 0 Å². The van der Waals surface area contributed by atoms with Crippen LogP contribution in [0.5, 0.6) is 5.75 Å². The number of ketones is 1. The van der Waals surface area contributed by atoms with Crippen molar-refractivity contribution in [2.45, 2.75) is 20.0 Å². The van der Waals surface area contributed by atoms with Gasteiger partial charge in [0.15, 0.2) is 5.78 Å². The standard InChI is InChI=1S/C11H13ClO3/c1-7(2)15-11-4-3-8(5-9(11)12)10(14)6-13/h3-5,7,13H,6H2,1-2H3. The van der Waals surface area contributed by atoms with Crippen LogP contribution in [-0.4, -0.2) is 23.6 Å². The molecule has 0 saturated carbocycles. The molecule has 0 radical (unpaired) electrons. The van der Waals surface area contributed by atoms with E-state index in [1.54, 1.807) is 12.1 Å². The molecule has 0 unspecified atom stereocenters. The summed E-state index contributed by atoms with van der Waals surface area (Å²) in [5.74, 6) is 0.189. The lowest BCUT2D eigenvalue weighted by molar-refractivity contribution is 0.0903. The van der Waals surface area contributed by atoms with Crippen LogP contribution < -0.4 is 4.74 Å². The van der Waals surface area contributed by atoms with Crippen LogP contribution in [0, 0.1) is 0 Å². The predicted octanol–water partition coefficient (Wildman–Crippen LogP) is 2.30. The minimum atomic E-state index is -0.513. The molecular weight excluding hydrogens is 216 g/mol. The first-order valence-electron chi connectivity index (χ1n) is 4.65. The topological polar surface area (TPSA) is 46.5 Å². The van der Waals surface area contributed by atoms with Crippen LogP contribution in [0.2, 0.25) is 5.02 Å². The Hall–Kier alpha value is -1.06. The summed E-state index contributed by atoms with van der Waals surface area (Å²) >= 11 is 5.92. The maximum Gasteiger partial charge on any atom is 0.188 e. The van der Waals surface area contributed by atoms with E-state index in [1.165, 1.54) is 6.07 Å². The first-order chi connectivity index (χ1) is 7.04. The van der Waals surface area contributed by atoms with Gasteiger partial charge in [-0.2, -0.15) is 0 Å². The van der Waals surface area contributed by atoms with Gasteiger partial charge in [-0.3, -0.25) is 4.79 Å². The lowest BCUT2D eigenvalue weighted by Crippen LogP contribution is -2.07. The van der Waals surface area contributed by atoms with E-state index in [2.05, 4.69) is 0 Å². The van der Waals surface area contributed by atoms with Crippen molar-refractivity contribution in [2.24, 2.45) is 0 Å². The molecule has 0 aliphatic carbocycles. The van der Waals surface area contributed by atoms with Gasteiger partial charge in [0.25, 0.3) is 0 Å². The summed E-state index contributed by atoms with van der Waals surface area (Å²) in [5.41, 5.74) is 0.388. The summed E-state index contributed by atoms with van der Waals surface area (Å²) in [7, 11) is 0. The molecule has 3 nitrogen and oxygen atoms in total. The van der Waals surface area contributed by atoms with Crippen molar-refractivity contribution in [2.75, 3.05) is 6.61 Å². The molecule has 4 heteroatoms. The van der Waals surface area contributed by atoms with Crippen molar-refractivity contribution >= 4 is 17.4 Å². The molecule has 1 N–H and O–H groups in total.